The van der Waals surface area contributed by atoms with Crippen LogP contribution in [0.4, 0.5) is 8.78 Å². The molecule has 0 spiro atoms. The lowest BCUT2D eigenvalue weighted by molar-refractivity contribution is -0.138. The fourth-order valence-electron chi connectivity index (χ4n) is 5.11. The summed E-state index contributed by atoms with van der Waals surface area (Å²) in [6, 6.07) is 26.5. The monoisotopic (exact) mass is 738 g/mol. The third-order valence-electron chi connectivity index (χ3n) is 7.71. The summed E-state index contributed by atoms with van der Waals surface area (Å²) in [5.74, 6) is -5.52. The molecule has 6 rings (SSSR count). The van der Waals surface area contributed by atoms with Crippen molar-refractivity contribution in [2.75, 3.05) is 0 Å². The number of halogens is 2. The number of carbonyl (C=O) groups excluding carboxylic acids is 2. The number of aliphatic carboxylic acids is 2. The van der Waals surface area contributed by atoms with Gasteiger partial charge < -0.3 is 29.9 Å². The molecule has 0 radical (unpaired) electrons. The van der Waals surface area contributed by atoms with Gasteiger partial charge in [-0.1, -0.05) is 94.7 Å². The van der Waals surface area contributed by atoms with E-state index in [4.69, 9.17) is 19.3 Å². The van der Waals surface area contributed by atoms with Gasteiger partial charge in [-0.05, 0) is 48.7 Å². The highest BCUT2D eigenvalue weighted by Gasteiger charge is 2.24. The minimum atomic E-state index is -1.07. The van der Waals surface area contributed by atoms with Crippen LogP contribution in [0.3, 0.4) is 0 Å². The average molecular weight is 739 g/mol. The number of carboxylic acids is 2. The summed E-state index contributed by atoms with van der Waals surface area (Å²) < 4.78 is 37.5. The highest BCUT2D eigenvalue weighted by Crippen LogP contribution is 2.22. The lowest BCUT2D eigenvalue weighted by Crippen LogP contribution is -2.38. The first-order valence-corrected chi connectivity index (χ1v) is 16.3. The Kier molecular flexibility index (Phi) is 12.6. The van der Waals surface area contributed by atoms with Crippen molar-refractivity contribution in [2.45, 2.75) is 38.3 Å². The largest absolute Gasteiger partial charge is 0.481 e. The molecule has 54 heavy (non-hydrogen) atoms. The van der Waals surface area contributed by atoms with Crippen LogP contribution in [0.25, 0.3) is 22.8 Å². The zero-order valence-corrected chi connectivity index (χ0v) is 28.5. The Bertz CT molecular complexity index is 2230. The van der Waals surface area contributed by atoms with E-state index in [-0.39, 0.29) is 47.4 Å². The van der Waals surface area contributed by atoms with E-state index < -0.39 is 47.5 Å². The van der Waals surface area contributed by atoms with Crippen LogP contribution in [-0.4, -0.2) is 60.3 Å². The van der Waals surface area contributed by atoms with Gasteiger partial charge in [0.1, 0.15) is 11.6 Å². The Morgan fingerprint density at radius 1 is 0.685 bits per heavy atom. The number of hydrogen-bond donors (Lipinski definition) is 4. The molecule has 14 nitrogen and oxygen atoms in total. The number of amides is 2. The number of aryl methyl sites for hydroxylation is 1. The van der Waals surface area contributed by atoms with Crippen LogP contribution < -0.4 is 10.6 Å². The Morgan fingerprint density at radius 2 is 1.30 bits per heavy atom. The molecule has 0 aliphatic heterocycles. The number of nitrogens with zero attached hydrogens (tertiary/aromatic N) is 4. The van der Waals surface area contributed by atoms with Gasteiger partial charge in [0.25, 0.3) is 17.6 Å². The van der Waals surface area contributed by atoms with Crippen LogP contribution in [0.5, 0.6) is 0 Å². The molecule has 0 aliphatic rings. The maximum absolute atomic E-state index is 13.8. The third-order valence-corrected chi connectivity index (χ3v) is 7.71. The molecule has 0 fully saturated rings. The summed E-state index contributed by atoms with van der Waals surface area (Å²) in [6.45, 7) is 1.90. The summed E-state index contributed by atoms with van der Waals surface area (Å²) in [6.07, 6.45) is -0.255. The first-order chi connectivity index (χ1) is 26.0. The van der Waals surface area contributed by atoms with Gasteiger partial charge in [-0.15, -0.1) is 0 Å². The van der Waals surface area contributed by atoms with Gasteiger partial charge in [0.2, 0.25) is 5.82 Å². The van der Waals surface area contributed by atoms with Crippen LogP contribution in [0, 0.1) is 18.6 Å². The second-order valence-electron chi connectivity index (χ2n) is 11.8. The molecule has 4 aromatic carbocycles. The van der Waals surface area contributed by atoms with E-state index in [2.05, 4.69) is 30.9 Å². The Balaban J connectivity index is 0.000000208. The topological polar surface area (TPSA) is 211 Å². The summed E-state index contributed by atoms with van der Waals surface area (Å²) in [5, 5.41) is 30.6. The summed E-state index contributed by atoms with van der Waals surface area (Å²) >= 11 is 0. The molecule has 276 valence electrons. The number of benzene rings is 4. The summed E-state index contributed by atoms with van der Waals surface area (Å²) in [5.41, 5.74) is 2.69. The number of aromatic nitrogens is 4. The van der Waals surface area contributed by atoms with Gasteiger partial charge in [-0.25, -0.2) is 8.78 Å². The standard InChI is InChI=1S/2C19H16FN3O4/c1-11-6-8-12(9-7-11)15(10-16(24)25)21-18(26)17-22-19(27-23-17)13-4-2-3-5-14(13)20;20-15-9-5-4-8-14(15)17-22-19(27-23-17)18(26)21-13(11-16(24)25)10-12-6-2-1-3-7-12/h2-9,15H,10H2,1H3,(H,21,26)(H,24,25);1-9,13H,10-11H2,(H,21,26)(H,24,25)/t15-;13-/m01/s1. The molecule has 0 saturated carbocycles. The summed E-state index contributed by atoms with van der Waals surface area (Å²) in [4.78, 5) is 54.8. The van der Waals surface area contributed by atoms with E-state index in [1.54, 1.807) is 24.3 Å². The molecule has 0 bridgehead atoms. The Morgan fingerprint density at radius 3 is 1.93 bits per heavy atom. The number of carboxylic acid groups (broad SMARTS) is 2. The number of nitrogens with one attached hydrogen (secondary N) is 2. The number of rotatable bonds is 13. The molecule has 2 atom stereocenters. The van der Waals surface area contributed by atoms with Gasteiger partial charge in [-0.2, -0.15) is 9.97 Å². The predicted molar refractivity (Wildman–Crippen MR) is 187 cm³/mol. The molecular weight excluding hydrogens is 706 g/mol. The van der Waals surface area contributed by atoms with Gasteiger partial charge in [0.15, 0.2) is 0 Å². The van der Waals surface area contributed by atoms with Crippen LogP contribution in [0.15, 0.2) is 112 Å². The quantitative estimate of drug-likeness (QED) is 0.110. The zero-order chi connectivity index (χ0) is 38.6. The third kappa shape index (κ3) is 10.5. The predicted octanol–water partition coefficient (Wildman–Crippen LogP) is 5.82. The van der Waals surface area contributed by atoms with Crippen LogP contribution >= 0.6 is 0 Å². The molecule has 0 unspecified atom stereocenters. The molecule has 2 heterocycles. The van der Waals surface area contributed by atoms with E-state index in [1.807, 2.05) is 49.4 Å². The van der Waals surface area contributed by atoms with Crippen molar-refractivity contribution in [2.24, 2.45) is 0 Å². The molecular formula is C38H32F2N6O8. The molecule has 2 amide bonds. The fourth-order valence-corrected chi connectivity index (χ4v) is 5.11. The normalized spacial score (nSPS) is 11.8. The van der Waals surface area contributed by atoms with E-state index in [9.17, 15) is 28.0 Å². The molecule has 16 heteroatoms. The molecule has 6 aromatic rings. The van der Waals surface area contributed by atoms with Gasteiger partial charge in [-0.3, -0.25) is 19.2 Å². The van der Waals surface area contributed by atoms with Gasteiger partial charge in [0, 0.05) is 6.04 Å². The molecule has 0 saturated heterocycles. The van der Waals surface area contributed by atoms with Crippen molar-refractivity contribution in [3.05, 3.63) is 143 Å². The lowest BCUT2D eigenvalue weighted by Gasteiger charge is -2.16. The zero-order valence-electron chi connectivity index (χ0n) is 28.5. The number of carbonyl (C=O) groups is 4. The van der Waals surface area contributed by atoms with Crippen molar-refractivity contribution >= 4 is 23.8 Å². The van der Waals surface area contributed by atoms with Gasteiger partial charge in [0.05, 0.1) is 30.0 Å². The van der Waals surface area contributed by atoms with Crippen molar-refractivity contribution in [1.29, 1.82) is 0 Å². The number of hydrogen-bond acceptors (Lipinski definition) is 10. The Labute approximate surface area is 305 Å². The van der Waals surface area contributed by atoms with Crippen LogP contribution in [-0.2, 0) is 16.0 Å². The maximum atomic E-state index is 13.8. The molecule has 2 aromatic heterocycles. The molecule has 4 N–H and O–H groups in total. The minimum Gasteiger partial charge on any atom is -0.481 e. The molecule has 0 aliphatic carbocycles. The van der Waals surface area contributed by atoms with Crippen LogP contribution in [0.1, 0.15) is 56.9 Å². The van der Waals surface area contributed by atoms with Crippen molar-refractivity contribution in [1.82, 2.24) is 30.9 Å². The van der Waals surface area contributed by atoms with E-state index >= 15 is 0 Å². The lowest BCUT2D eigenvalue weighted by atomic mass is 10.0. The fraction of sp³-hybridized carbons (Fsp3) is 0.158. The first kappa shape index (κ1) is 38.1. The van der Waals surface area contributed by atoms with E-state index in [1.165, 1.54) is 36.4 Å². The highest BCUT2D eigenvalue weighted by atomic mass is 19.1. The highest BCUT2D eigenvalue weighted by molar-refractivity contribution is 5.91. The maximum Gasteiger partial charge on any atom is 0.316 e. The average Bonchev–Trinajstić information content (AvgIpc) is 3.84. The first-order valence-electron chi connectivity index (χ1n) is 16.3. The van der Waals surface area contributed by atoms with Gasteiger partial charge >= 0.3 is 23.7 Å². The van der Waals surface area contributed by atoms with E-state index in [0.717, 1.165) is 11.1 Å². The Hall–Kier alpha value is -7.10. The second-order valence-corrected chi connectivity index (χ2v) is 11.8. The second kappa shape index (κ2) is 17.9. The van der Waals surface area contributed by atoms with E-state index in [0.29, 0.717) is 12.0 Å². The van der Waals surface area contributed by atoms with Crippen molar-refractivity contribution in [3.63, 3.8) is 0 Å². The smallest absolute Gasteiger partial charge is 0.316 e. The summed E-state index contributed by atoms with van der Waals surface area (Å²) in [7, 11) is 0. The minimum absolute atomic E-state index is 0.0592. The van der Waals surface area contributed by atoms with Crippen LogP contribution in [0.2, 0.25) is 0 Å². The van der Waals surface area contributed by atoms with Crippen molar-refractivity contribution < 1.29 is 47.2 Å². The van der Waals surface area contributed by atoms with Crippen molar-refractivity contribution in [3.8, 4) is 22.8 Å². The SMILES string of the molecule is Cc1ccc([C@H](CC(=O)O)NC(=O)c2noc(-c3ccccc3F)n2)cc1.O=C(O)C[C@@H](Cc1ccccc1)NC(=O)c1nc(-c2ccccc2F)no1.